The molecule has 0 aliphatic carbocycles. The molecule has 19 heavy (non-hydrogen) atoms. The Balaban J connectivity index is 2.21. The van der Waals surface area contributed by atoms with Gasteiger partial charge in [0, 0.05) is 11.6 Å². The van der Waals surface area contributed by atoms with E-state index in [1.807, 2.05) is 32.0 Å². The van der Waals surface area contributed by atoms with Crippen LogP contribution in [0.3, 0.4) is 0 Å². The number of rotatable bonds is 5. The van der Waals surface area contributed by atoms with E-state index in [0.717, 1.165) is 5.56 Å². The Hall–Kier alpha value is -1.43. The first kappa shape index (κ1) is 14.0. The van der Waals surface area contributed by atoms with Crippen LogP contribution >= 0.6 is 11.6 Å². The lowest BCUT2D eigenvalue weighted by molar-refractivity contribution is 0.0683. The van der Waals surface area contributed by atoms with Crippen LogP contribution < -0.4 is 5.73 Å². The van der Waals surface area contributed by atoms with Gasteiger partial charge in [-0.1, -0.05) is 35.0 Å². The molecular weight excluding hydrogens is 266 g/mol. The molecule has 102 valence electrons. The van der Waals surface area contributed by atoms with Gasteiger partial charge in [-0.25, -0.2) is 0 Å². The number of ether oxygens (including phenoxy) is 1. The van der Waals surface area contributed by atoms with Crippen molar-refractivity contribution in [2.75, 3.05) is 6.61 Å². The summed E-state index contributed by atoms with van der Waals surface area (Å²) >= 11 is 6.09. The van der Waals surface area contributed by atoms with Crippen molar-refractivity contribution in [3.63, 3.8) is 0 Å². The molecule has 2 rings (SSSR count). The molecule has 1 aromatic carbocycles. The summed E-state index contributed by atoms with van der Waals surface area (Å²) in [6.07, 6.45) is -0.221. The zero-order chi connectivity index (χ0) is 13.8. The Morgan fingerprint density at radius 2 is 2.16 bits per heavy atom. The van der Waals surface area contributed by atoms with Crippen molar-refractivity contribution in [1.82, 2.24) is 10.1 Å². The van der Waals surface area contributed by atoms with Crippen LogP contribution in [0.15, 0.2) is 28.8 Å². The van der Waals surface area contributed by atoms with Gasteiger partial charge in [0.2, 0.25) is 5.89 Å². The minimum absolute atomic E-state index is 0.221. The van der Waals surface area contributed by atoms with Crippen molar-refractivity contribution in [1.29, 1.82) is 0 Å². The monoisotopic (exact) mass is 281 g/mol. The summed E-state index contributed by atoms with van der Waals surface area (Å²) in [5, 5.41) is 4.45. The van der Waals surface area contributed by atoms with Gasteiger partial charge in [-0.3, -0.25) is 0 Å². The summed E-state index contributed by atoms with van der Waals surface area (Å²) in [4.78, 5) is 4.26. The molecule has 0 saturated heterocycles. The first-order valence-corrected chi connectivity index (χ1v) is 6.46. The fourth-order valence-electron chi connectivity index (χ4n) is 1.72. The van der Waals surface area contributed by atoms with Gasteiger partial charge in [0.1, 0.15) is 12.1 Å². The second-order valence-corrected chi connectivity index (χ2v) is 4.49. The first-order chi connectivity index (χ1) is 9.13. The minimum Gasteiger partial charge on any atom is -0.371 e. The molecule has 5 nitrogen and oxygen atoms in total. The van der Waals surface area contributed by atoms with Crippen LogP contribution in [0.2, 0.25) is 5.02 Å². The zero-order valence-corrected chi connectivity index (χ0v) is 11.6. The van der Waals surface area contributed by atoms with Gasteiger partial charge in [0.05, 0.1) is 0 Å². The van der Waals surface area contributed by atoms with E-state index in [1.165, 1.54) is 0 Å². The van der Waals surface area contributed by atoms with Crippen molar-refractivity contribution >= 4 is 11.6 Å². The Labute approximate surface area is 116 Å². The minimum atomic E-state index is -0.538. The second kappa shape index (κ2) is 6.14. The normalized spacial score (nSPS) is 14.3. The summed E-state index contributed by atoms with van der Waals surface area (Å²) in [6, 6.07) is 6.78. The number of benzene rings is 1. The lowest BCUT2D eigenvalue weighted by Crippen LogP contribution is -2.13. The van der Waals surface area contributed by atoms with Crippen LogP contribution in [-0.4, -0.2) is 16.7 Å². The SMILES string of the molecule is CCOC(C)c1noc([C@H](N)c2ccccc2Cl)n1. The summed E-state index contributed by atoms with van der Waals surface area (Å²) in [5.74, 6) is 0.814. The lowest BCUT2D eigenvalue weighted by Gasteiger charge is -2.08. The van der Waals surface area contributed by atoms with E-state index >= 15 is 0 Å². The van der Waals surface area contributed by atoms with E-state index in [1.54, 1.807) is 6.07 Å². The predicted molar refractivity (Wildman–Crippen MR) is 71.8 cm³/mol. The highest BCUT2D eigenvalue weighted by Crippen LogP contribution is 2.26. The highest BCUT2D eigenvalue weighted by atomic mass is 35.5. The number of halogens is 1. The third-order valence-corrected chi connectivity index (χ3v) is 3.09. The average molecular weight is 282 g/mol. The highest BCUT2D eigenvalue weighted by Gasteiger charge is 2.21. The molecule has 2 aromatic rings. The Morgan fingerprint density at radius 1 is 1.42 bits per heavy atom. The maximum absolute atomic E-state index is 6.09. The standard InChI is InChI=1S/C13H16ClN3O2/c1-3-18-8(2)12-16-13(19-17-12)11(15)9-6-4-5-7-10(9)14/h4-8,11H,3,15H2,1-2H3/t8?,11-/m1/s1. The van der Waals surface area contributed by atoms with E-state index in [9.17, 15) is 0 Å². The molecule has 0 amide bonds. The maximum atomic E-state index is 6.09. The maximum Gasteiger partial charge on any atom is 0.248 e. The van der Waals surface area contributed by atoms with Gasteiger partial charge in [-0.15, -0.1) is 0 Å². The Kier molecular flexibility index (Phi) is 4.52. The van der Waals surface area contributed by atoms with E-state index in [4.69, 9.17) is 26.6 Å². The molecule has 0 aliphatic heterocycles. The smallest absolute Gasteiger partial charge is 0.248 e. The predicted octanol–water partition coefficient (Wildman–Crippen LogP) is 2.87. The number of nitrogens with two attached hydrogens (primary N) is 1. The van der Waals surface area contributed by atoms with Crippen molar-refractivity contribution in [3.05, 3.63) is 46.6 Å². The largest absolute Gasteiger partial charge is 0.371 e. The summed E-state index contributed by atoms with van der Waals surface area (Å²) < 4.78 is 10.6. The van der Waals surface area contributed by atoms with Gasteiger partial charge >= 0.3 is 0 Å². The first-order valence-electron chi connectivity index (χ1n) is 6.08. The molecule has 2 atom stereocenters. The van der Waals surface area contributed by atoms with Crippen molar-refractivity contribution < 1.29 is 9.26 Å². The fraction of sp³-hybridized carbons (Fsp3) is 0.385. The summed E-state index contributed by atoms with van der Waals surface area (Å²) in [7, 11) is 0. The molecule has 0 aliphatic rings. The summed E-state index contributed by atoms with van der Waals surface area (Å²) in [6.45, 7) is 4.35. The number of hydrogen-bond acceptors (Lipinski definition) is 5. The molecule has 0 fully saturated rings. The average Bonchev–Trinajstić information content (AvgIpc) is 2.88. The molecule has 0 bridgehead atoms. The van der Waals surface area contributed by atoms with Crippen LogP contribution in [0, 0.1) is 0 Å². The molecular formula is C13H16ClN3O2. The molecule has 0 saturated carbocycles. The van der Waals surface area contributed by atoms with E-state index < -0.39 is 6.04 Å². The van der Waals surface area contributed by atoms with Crippen molar-refractivity contribution in [2.24, 2.45) is 5.73 Å². The van der Waals surface area contributed by atoms with Crippen LogP contribution in [0.5, 0.6) is 0 Å². The third kappa shape index (κ3) is 3.12. The topological polar surface area (TPSA) is 74.2 Å². The molecule has 1 aromatic heterocycles. The van der Waals surface area contributed by atoms with Gasteiger partial charge in [0.25, 0.3) is 0 Å². The molecule has 2 N–H and O–H groups in total. The van der Waals surface area contributed by atoms with Crippen LogP contribution in [0.1, 0.15) is 43.3 Å². The number of hydrogen-bond donors (Lipinski definition) is 1. The second-order valence-electron chi connectivity index (χ2n) is 4.09. The van der Waals surface area contributed by atoms with Gasteiger partial charge in [0.15, 0.2) is 5.82 Å². The summed E-state index contributed by atoms with van der Waals surface area (Å²) in [5.41, 5.74) is 6.84. The molecule has 6 heteroatoms. The van der Waals surface area contributed by atoms with Crippen LogP contribution in [0.25, 0.3) is 0 Å². The van der Waals surface area contributed by atoms with Gasteiger partial charge < -0.3 is 15.0 Å². The Bertz CT molecular complexity index is 544. The van der Waals surface area contributed by atoms with Crippen molar-refractivity contribution in [3.8, 4) is 0 Å². The van der Waals surface area contributed by atoms with Crippen LogP contribution in [-0.2, 0) is 4.74 Å². The highest BCUT2D eigenvalue weighted by molar-refractivity contribution is 6.31. The zero-order valence-electron chi connectivity index (χ0n) is 10.8. The number of nitrogens with zero attached hydrogens (tertiary/aromatic N) is 2. The Morgan fingerprint density at radius 3 is 2.84 bits per heavy atom. The molecule has 0 spiro atoms. The van der Waals surface area contributed by atoms with Crippen molar-refractivity contribution in [2.45, 2.75) is 26.0 Å². The van der Waals surface area contributed by atoms with Crippen LogP contribution in [0.4, 0.5) is 0 Å². The van der Waals surface area contributed by atoms with Gasteiger partial charge in [-0.2, -0.15) is 4.98 Å². The quantitative estimate of drug-likeness (QED) is 0.912. The molecule has 1 heterocycles. The van der Waals surface area contributed by atoms with Gasteiger partial charge in [-0.05, 0) is 25.5 Å². The molecule has 1 unspecified atom stereocenters. The fourth-order valence-corrected chi connectivity index (χ4v) is 1.98. The third-order valence-electron chi connectivity index (χ3n) is 2.74. The lowest BCUT2D eigenvalue weighted by atomic mass is 10.1. The van der Waals surface area contributed by atoms with E-state index in [2.05, 4.69) is 10.1 Å². The molecule has 0 radical (unpaired) electrons. The van der Waals surface area contributed by atoms with E-state index in [0.29, 0.717) is 23.3 Å². The number of aromatic nitrogens is 2. The van der Waals surface area contributed by atoms with E-state index in [-0.39, 0.29) is 6.10 Å².